The minimum absolute atomic E-state index is 0.244. The SMILES string of the molecule is O=C(NCc1cccc(Cc2ccc(O)cc2)c1)c1ccc2c(c1)NC(=O)c1ccccc1O2. The Hall–Kier alpha value is -4.58. The first-order valence-corrected chi connectivity index (χ1v) is 10.9. The Bertz CT molecular complexity index is 1380. The van der Waals surface area contributed by atoms with E-state index in [-0.39, 0.29) is 17.6 Å². The molecule has 1 heterocycles. The number of phenolic OH excluding ortho intramolecular Hbond substituents is 1. The lowest BCUT2D eigenvalue weighted by atomic mass is 10.0. The number of ether oxygens (including phenoxy) is 1. The molecule has 0 atom stereocenters. The first-order valence-electron chi connectivity index (χ1n) is 10.9. The summed E-state index contributed by atoms with van der Waals surface area (Å²) in [6, 6.07) is 27.1. The van der Waals surface area contributed by atoms with Crippen LogP contribution in [0.4, 0.5) is 5.69 Å². The van der Waals surface area contributed by atoms with Gasteiger partial charge in [0.25, 0.3) is 11.8 Å². The molecule has 0 spiro atoms. The van der Waals surface area contributed by atoms with Gasteiger partial charge in [-0.3, -0.25) is 9.59 Å². The summed E-state index contributed by atoms with van der Waals surface area (Å²) in [6.45, 7) is 0.369. The van der Waals surface area contributed by atoms with E-state index in [0.717, 1.165) is 23.1 Å². The van der Waals surface area contributed by atoms with Crippen LogP contribution in [0.5, 0.6) is 17.2 Å². The molecule has 3 N–H and O–H groups in total. The monoisotopic (exact) mass is 450 g/mol. The Morgan fingerprint density at radius 2 is 1.62 bits per heavy atom. The van der Waals surface area contributed by atoms with Crippen molar-refractivity contribution in [3.63, 3.8) is 0 Å². The number of phenols is 1. The molecule has 0 aliphatic carbocycles. The van der Waals surface area contributed by atoms with E-state index >= 15 is 0 Å². The van der Waals surface area contributed by atoms with Crippen LogP contribution in [-0.4, -0.2) is 16.9 Å². The third-order valence-corrected chi connectivity index (χ3v) is 5.63. The molecule has 0 aromatic heterocycles. The summed E-state index contributed by atoms with van der Waals surface area (Å²) in [5.74, 6) is 0.675. The number of aromatic hydroxyl groups is 1. The molecule has 34 heavy (non-hydrogen) atoms. The fourth-order valence-electron chi connectivity index (χ4n) is 3.89. The van der Waals surface area contributed by atoms with Crippen molar-refractivity contribution in [2.75, 3.05) is 5.32 Å². The summed E-state index contributed by atoms with van der Waals surface area (Å²) in [5, 5.41) is 15.2. The second kappa shape index (κ2) is 9.11. The number of hydrogen-bond acceptors (Lipinski definition) is 4. The maximum Gasteiger partial charge on any atom is 0.259 e. The van der Waals surface area contributed by atoms with Crippen LogP contribution in [-0.2, 0) is 13.0 Å². The van der Waals surface area contributed by atoms with E-state index in [2.05, 4.69) is 16.7 Å². The Kier molecular flexibility index (Phi) is 5.70. The largest absolute Gasteiger partial charge is 0.508 e. The fourth-order valence-corrected chi connectivity index (χ4v) is 3.89. The van der Waals surface area contributed by atoms with Gasteiger partial charge in [-0.25, -0.2) is 0 Å². The number of benzene rings is 4. The van der Waals surface area contributed by atoms with E-state index in [1.165, 1.54) is 0 Å². The molecule has 2 amide bonds. The fraction of sp³-hybridized carbons (Fsp3) is 0.0714. The maximum atomic E-state index is 12.8. The molecular weight excluding hydrogens is 428 g/mol. The van der Waals surface area contributed by atoms with E-state index < -0.39 is 0 Å². The van der Waals surface area contributed by atoms with Crippen LogP contribution < -0.4 is 15.4 Å². The quantitative estimate of drug-likeness (QED) is 0.387. The average Bonchev–Trinajstić information content (AvgIpc) is 2.99. The van der Waals surface area contributed by atoms with Gasteiger partial charge in [0.05, 0.1) is 11.3 Å². The molecule has 4 aromatic rings. The van der Waals surface area contributed by atoms with E-state index in [0.29, 0.717) is 34.9 Å². The minimum Gasteiger partial charge on any atom is -0.508 e. The van der Waals surface area contributed by atoms with Crippen LogP contribution in [0.25, 0.3) is 0 Å². The summed E-state index contributed by atoms with van der Waals surface area (Å²) in [4.78, 5) is 25.3. The standard InChI is InChI=1S/C28H22N2O4/c31-22-11-8-18(9-12-22)14-19-4-3-5-20(15-19)17-29-27(32)21-10-13-26-24(16-21)30-28(33)23-6-1-2-7-25(23)34-26/h1-13,15-16,31H,14,17H2,(H,29,32)(H,30,33). The third-order valence-electron chi connectivity index (χ3n) is 5.63. The van der Waals surface area contributed by atoms with Gasteiger partial charge in [-0.2, -0.15) is 0 Å². The topological polar surface area (TPSA) is 87.7 Å². The zero-order valence-corrected chi connectivity index (χ0v) is 18.2. The van der Waals surface area contributed by atoms with Gasteiger partial charge in [0, 0.05) is 12.1 Å². The van der Waals surface area contributed by atoms with Crippen molar-refractivity contribution < 1.29 is 19.4 Å². The zero-order chi connectivity index (χ0) is 23.5. The van der Waals surface area contributed by atoms with Crippen molar-refractivity contribution >= 4 is 17.5 Å². The first-order chi connectivity index (χ1) is 16.5. The van der Waals surface area contributed by atoms with E-state index in [4.69, 9.17) is 4.74 Å². The lowest BCUT2D eigenvalue weighted by Gasteiger charge is -2.11. The first kappa shape index (κ1) is 21.3. The highest BCUT2D eigenvalue weighted by molar-refractivity contribution is 6.08. The van der Waals surface area contributed by atoms with Crippen molar-refractivity contribution in [2.45, 2.75) is 13.0 Å². The summed E-state index contributed by atoms with van der Waals surface area (Å²) in [5.41, 5.74) is 4.50. The van der Waals surface area contributed by atoms with Crippen molar-refractivity contribution in [2.24, 2.45) is 0 Å². The van der Waals surface area contributed by atoms with Gasteiger partial charge in [0.15, 0.2) is 5.75 Å². The second-order valence-corrected chi connectivity index (χ2v) is 8.11. The van der Waals surface area contributed by atoms with Crippen molar-refractivity contribution in [1.82, 2.24) is 5.32 Å². The number of carbonyl (C=O) groups excluding carboxylic acids is 2. The van der Waals surface area contributed by atoms with Gasteiger partial charge >= 0.3 is 0 Å². The average molecular weight is 450 g/mol. The highest BCUT2D eigenvalue weighted by Gasteiger charge is 2.21. The van der Waals surface area contributed by atoms with Gasteiger partial charge in [-0.15, -0.1) is 0 Å². The minimum atomic E-state index is -0.280. The predicted octanol–water partition coefficient (Wildman–Crippen LogP) is 5.27. The van der Waals surface area contributed by atoms with Crippen molar-refractivity contribution in [3.8, 4) is 17.2 Å². The number of anilines is 1. The number of fused-ring (bicyclic) bond motifs is 2. The van der Waals surface area contributed by atoms with Gasteiger partial charge in [0.1, 0.15) is 11.5 Å². The van der Waals surface area contributed by atoms with Gasteiger partial charge in [0.2, 0.25) is 0 Å². The van der Waals surface area contributed by atoms with E-state index in [1.807, 2.05) is 30.3 Å². The Morgan fingerprint density at radius 3 is 2.47 bits per heavy atom. The molecule has 0 saturated heterocycles. The second-order valence-electron chi connectivity index (χ2n) is 8.11. The molecule has 4 aromatic carbocycles. The number of para-hydroxylation sites is 1. The number of nitrogens with one attached hydrogen (secondary N) is 2. The number of hydrogen-bond donors (Lipinski definition) is 3. The summed E-state index contributed by atoms with van der Waals surface area (Å²) < 4.78 is 5.88. The summed E-state index contributed by atoms with van der Waals surface area (Å²) in [6.07, 6.45) is 0.731. The third kappa shape index (κ3) is 4.61. The van der Waals surface area contributed by atoms with Crippen LogP contribution in [0.15, 0.2) is 91.0 Å². The van der Waals surface area contributed by atoms with Crippen LogP contribution in [0.1, 0.15) is 37.4 Å². The van der Waals surface area contributed by atoms with Crippen molar-refractivity contribution in [3.05, 3.63) is 119 Å². The molecule has 0 unspecified atom stereocenters. The molecule has 168 valence electrons. The molecule has 6 nitrogen and oxygen atoms in total. The molecule has 0 fully saturated rings. The Labute approximate surface area is 196 Å². The molecule has 0 radical (unpaired) electrons. The van der Waals surface area contributed by atoms with Crippen LogP contribution in [0.3, 0.4) is 0 Å². The zero-order valence-electron chi connectivity index (χ0n) is 18.2. The van der Waals surface area contributed by atoms with Crippen LogP contribution in [0.2, 0.25) is 0 Å². The van der Waals surface area contributed by atoms with Crippen LogP contribution in [0, 0.1) is 0 Å². The van der Waals surface area contributed by atoms with E-state index in [9.17, 15) is 14.7 Å². The van der Waals surface area contributed by atoms with Crippen molar-refractivity contribution in [1.29, 1.82) is 0 Å². The molecule has 1 aliphatic rings. The number of carbonyl (C=O) groups is 2. The Balaban J connectivity index is 1.26. The maximum absolute atomic E-state index is 12.8. The lowest BCUT2D eigenvalue weighted by molar-refractivity contribution is 0.0949. The molecular formula is C28H22N2O4. The van der Waals surface area contributed by atoms with Gasteiger partial charge in [-0.05, 0) is 65.6 Å². The highest BCUT2D eigenvalue weighted by atomic mass is 16.5. The molecule has 0 bridgehead atoms. The summed E-state index contributed by atoms with van der Waals surface area (Å²) in [7, 11) is 0. The lowest BCUT2D eigenvalue weighted by Crippen LogP contribution is -2.23. The Morgan fingerprint density at radius 1 is 0.824 bits per heavy atom. The normalized spacial score (nSPS) is 11.9. The molecule has 6 heteroatoms. The van der Waals surface area contributed by atoms with Gasteiger partial charge in [-0.1, -0.05) is 48.5 Å². The smallest absolute Gasteiger partial charge is 0.259 e. The molecule has 0 saturated carbocycles. The number of amides is 2. The van der Waals surface area contributed by atoms with Gasteiger partial charge < -0.3 is 20.5 Å². The molecule has 1 aliphatic heterocycles. The van der Waals surface area contributed by atoms with E-state index in [1.54, 1.807) is 54.6 Å². The predicted molar refractivity (Wildman–Crippen MR) is 129 cm³/mol. The highest BCUT2D eigenvalue weighted by Crippen LogP contribution is 2.36. The molecule has 5 rings (SSSR count). The number of rotatable bonds is 5. The van der Waals surface area contributed by atoms with Crippen LogP contribution >= 0.6 is 0 Å². The summed E-state index contributed by atoms with van der Waals surface area (Å²) >= 11 is 0.